The zero-order chi connectivity index (χ0) is 7.40. The van der Waals surface area contributed by atoms with Gasteiger partial charge in [-0.2, -0.15) is 0 Å². The van der Waals surface area contributed by atoms with Crippen molar-refractivity contribution in [3.63, 3.8) is 0 Å². The van der Waals surface area contributed by atoms with Crippen LogP contribution in [0, 0.1) is 0 Å². The minimum atomic E-state index is -0.574. The predicted octanol–water partition coefficient (Wildman–Crippen LogP) is -0.555. The summed E-state index contributed by atoms with van der Waals surface area (Å²) in [6, 6.07) is 0. The van der Waals surface area contributed by atoms with Crippen LogP contribution in [-0.2, 0) is 9.53 Å². The molecule has 1 amide bonds. The first-order valence-electron chi connectivity index (χ1n) is 2.84. The van der Waals surface area contributed by atoms with Gasteiger partial charge in [0.2, 0.25) is 0 Å². The number of hydrogen-bond donors (Lipinski definition) is 2. The lowest BCUT2D eigenvalue weighted by atomic mass is 10.3. The Bertz CT molecular complexity index is 186. The van der Waals surface area contributed by atoms with Crippen molar-refractivity contribution in [1.29, 1.82) is 0 Å². The maximum Gasteiger partial charge on any atom is 0.278 e. The molecule has 1 unspecified atom stereocenters. The topological polar surface area (TPSA) is 64.3 Å². The molecule has 0 aromatic heterocycles. The smallest absolute Gasteiger partial charge is 0.278 e. The maximum atomic E-state index is 10.7. The first-order chi connectivity index (χ1) is 4.84. The molecule has 0 radical (unpaired) electrons. The van der Waals surface area contributed by atoms with Crippen LogP contribution >= 0.6 is 0 Å². The van der Waals surface area contributed by atoms with Gasteiger partial charge in [-0.05, 0) is 12.2 Å². The molecule has 0 fully saturated rings. The van der Waals surface area contributed by atoms with Gasteiger partial charge in [-0.1, -0.05) is 6.08 Å². The zero-order valence-electron chi connectivity index (χ0n) is 5.28. The van der Waals surface area contributed by atoms with Gasteiger partial charge in [0.1, 0.15) is 0 Å². The molecule has 0 spiro atoms. The molecule has 4 nitrogen and oxygen atoms in total. The van der Waals surface area contributed by atoms with Gasteiger partial charge in [-0.3, -0.25) is 10.2 Å². The van der Waals surface area contributed by atoms with E-state index in [4.69, 9.17) is 10.6 Å². The first-order valence-corrected chi connectivity index (χ1v) is 2.84. The van der Waals surface area contributed by atoms with Crippen LogP contribution in [0.2, 0.25) is 0 Å². The average Bonchev–Trinajstić information content (AvgIpc) is 2.05. The van der Waals surface area contributed by atoms with E-state index in [2.05, 4.69) is 0 Å². The van der Waals surface area contributed by atoms with Crippen molar-refractivity contribution in [3.05, 3.63) is 24.5 Å². The molecule has 1 aliphatic heterocycles. The minimum Gasteiger partial charge on any atom is -0.484 e. The number of allylic oxidation sites excluding steroid dienone is 2. The van der Waals surface area contributed by atoms with Crippen molar-refractivity contribution in [3.8, 4) is 0 Å². The molecule has 0 saturated carbocycles. The van der Waals surface area contributed by atoms with Crippen molar-refractivity contribution in [2.75, 3.05) is 0 Å². The maximum absolute atomic E-state index is 10.7. The van der Waals surface area contributed by atoms with Crippen LogP contribution in [0.4, 0.5) is 0 Å². The van der Waals surface area contributed by atoms with Gasteiger partial charge in [0.15, 0.2) is 6.10 Å². The second kappa shape index (κ2) is 3.03. The summed E-state index contributed by atoms with van der Waals surface area (Å²) in [6.07, 6.45) is 5.90. The van der Waals surface area contributed by atoms with Crippen LogP contribution in [0.15, 0.2) is 24.5 Å². The lowest BCUT2D eigenvalue weighted by Crippen LogP contribution is -2.39. The van der Waals surface area contributed by atoms with Crippen molar-refractivity contribution < 1.29 is 9.53 Å². The molecule has 0 aromatic rings. The van der Waals surface area contributed by atoms with Crippen molar-refractivity contribution in [2.45, 2.75) is 6.10 Å². The van der Waals surface area contributed by atoms with Gasteiger partial charge in [-0.15, -0.1) is 0 Å². The Hall–Kier alpha value is -1.29. The highest BCUT2D eigenvalue weighted by Crippen LogP contribution is 2.00. The zero-order valence-corrected chi connectivity index (χ0v) is 5.28. The van der Waals surface area contributed by atoms with E-state index < -0.39 is 6.10 Å². The molecule has 1 atom stereocenters. The molecule has 1 aliphatic rings. The SMILES string of the molecule is NNC(=O)C1C=CC=CO1. The molecule has 3 N–H and O–H groups in total. The van der Waals surface area contributed by atoms with Gasteiger partial charge in [0, 0.05) is 0 Å². The second-order valence-corrected chi connectivity index (χ2v) is 1.78. The molecule has 0 saturated heterocycles. The molecule has 4 heteroatoms. The highest BCUT2D eigenvalue weighted by molar-refractivity contribution is 5.82. The number of hydrazine groups is 1. The van der Waals surface area contributed by atoms with E-state index in [0.717, 1.165) is 0 Å². The number of carbonyl (C=O) groups excluding carboxylic acids is 1. The summed E-state index contributed by atoms with van der Waals surface area (Å²) in [5.74, 6) is 4.52. The van der Waals surface area contributed by atoms with E-state index in [1.807, 2.05) is 5.43 Å². The highest BCUT2D eigenvalue weighted by atomic mass is 16.5. The summed E-state index contributed by atoms with van der Waals surface area (Å²) < 4.78 is 4.87. The number of nitrogens with two attached hydrogens (primary N) is 1. The van der Waals surface area contributed by atoms with Crippen LogP contribution in [0.5, 0.6) is 0 Å². The van der Waals surface area contributed by atoms with E-state index >= 15 is 0 Å². The fourth-order valence-corrected chi connectivity index (χ4v) is 0.617. The molecular formula is C6H8N2O2. The molecular weight excluding hydrogens is 132 g/mol. The fourth-order valence-electron chi connectivity index (χ4n) is 0.617. The molecule has 0 aromatic carbocycles. The lowest BCUT2D eigenvalue weighted by Gasteiger charge is -2.11. The Morgan fingerprint density at radius 1 is 1.60 bits per heavy atom. The Balaban J connectivity index is 2.51. The fraction of sp³-hybridized carbons (Fsp3) is 0.167. The van der Waals surface area contributed by atoms with Gasteiger partial charge in [0.25, 0.3) is 5.91 Å². The van der Waals surface area contributed by atoms with Gasteiger partial charge in [0.05, 0.1) is 6.26 Å². The lowest BCUT2D eigenvalue weighted by molar-refractivity contribution is -0.127. The number of hydrogen-bond acceptors (Lipinski definition) is 3. The first kappa shape index (κ1) is 6.82. The summed E-state index contributed by atoms with van der Waals surface area (Å²) in [4.78, 5) is 10.7. The number of amides is 1. The van der Waals surface area contributed by atoms with Crippen LogP contribution in [0.1, 0.15) is 0 Å². The van der Waals surface area contributed by atoms with Gasteiger partial charge in [-0.25, -0.2) is 5.84 Å². The number of ether oxygens (including phenoxy) is 1. The van der Waals surface area contributed by atoms with Gasteiger partial charge >= 0.3 is 0 Å². The third kappa shape index (κ3) is 1.35. The van der Waals surface area contributed by atoms with E-state index in [1.165, 1.54) is 6.26 Å². The second-order valence-electron chi connectivity index (χ2n) is 1.78. The van der Waals surface area contributed by atoms with Gasteiger partial charge < -0.3 is 4.74 Å². The third-order valence-electron chi connectivity index (χ3n) is 1.10. The summed E-state index contributed by atoms with van der Waals surface area (Å²) in [7, 11) is 0. The summed E-state index contributed by atoms with van der Waals surface area (Å²) in [5.41, 5.74) is 1.99. The van der Waals surface area contributed by atoms with Crippen LogP contribution < -0.4 is 11.3 Å². The Labute approximate surface area is 58.3 Å². The van der Waals surface area contributed by atoms with E-state index in [0.29, 0.717) is 0 Å². The minimum absolute atomic E-state index is 0.347. The molecule has 0 bridgehead atoms. The number of carbonyl (C=O) groups is 1. The molecule has 0 aliphatic carbocycles. The quantitative estimate of drug-likeness (QED) is 0.291. The molecule has 1 heterocycles. The monoisotopic (exact) mass is 140 g/mol. The van der Waals surface area contributed by atoms with Crippen LogP contribution in [0.25, 0.3) is 0 Å². The molecule has 54 valence electrons. The van der Waals surface area contributed by atoms with Crippen molar-refractivity contribution >= 4 is 5.91 Å². The normalized spacial score (nSPS) is 21.9. The van der Waals surface area contributed by atoms with Crippen LogP contribution in [-0.4, -0.2) is 12.0 Å². The summed E-state index contributed by atoms with van der Waals surface area (Å²) in [6.45, 7) is 0. The molecule has 10 heavy (non-hydrogen) atoms. The standard InChI is InChI=1S/C6H8N2O2/c7-8-6(9)5-3-1-2-4-10-5/h1-5H,7H2,(H,8,9). The number of rotatable bonds is 1. The summed E-state index contributed by atoms with van der Waals surface area (Å²) in [5, 5.41) is 0. The third-order valence-corrected chi connectivity index (χ3v) is 1.10. The van der Waals surface area contributed by atoms with Crippen molar-refractivity contribution in [2.24, 2.45) is 5.84 Å². The van der Waals surface area contributed by atoms with E-state index in [-0.39, 0.29) is 5.91 Å². The Morgan fingerprint density at radius 2 is 2.40 bits per heavy atom. The highest BCUT2D eigenvalue weighted by Gasteiger charge is 2.14. The average molecular weight is 140 g/mol. The Kier molecular flexibility index (Phi) is 2.07. The molecule has 1 rings (SSSR count). The van der Waals surface area contributed by atoms with E-state index in [9.17, 15) is 4.79 Å². The predicted molar refractivity (Wildman–Crippen MR) is 35.5 cm³/mol. The van der Waals surface area contributed by atoms with Crippen LogP contribution in [0.3, 0.4) is 0 Å². The summed E-state index contributed by atoms with van der Waals surface area (Å²) >= 11 is 0. The van der Waals surface area contributed by atoms with Crippen molar-refractivity contribution in [1.82, 2.24) is 5.43 Å². The largest absolute Gasteiger partial charge is 0.484 e. The van der Waals surface area contributed by atoms with E-state index in [1.54, 1.807) is 18.2 Å². The number of nitrogens with one attached hydrogen (secondary N) is 1. The Morgan fingerprint density at radius 3 is 2.90 bits per heavy atom.